The molecule has 5 aromatic heterocycles. The fourth-order valence-corrected chi connectivity index (χ4v) is 9.44. The van der Waals surface area contributed by atoms with E-state index in [4.69, 9.17) is 10.2 Å². The third-order valence-corrected chi connectivity index (χ3v) is 12.9. The second-order valence-electron chi connectivity index (χ2n) is 18.1. The molecule has 17 heteroatoms. The van der Waals surface area contributed by atoms with Crippen molar-refractivity contribution in [2.75, 3.05) is 0 Å². The van der Waals surface area contributed by atoms with Crippen LogP contribution in [-0.2, 0) is 34.0 Å². The summed E-state index contributed by atoms with van der Waals surface area (Å²) in [7, 11) is 5.63. The number of hydrogen-bond donors (Lipinski definition) is 0. The van der Waals surface area contributed by atoms with Crippen molar-refractivity contribution in [3.8, 4) is 45.1 Å². The van der Waals surface area contributed by atoms with Crippen molar-refractivity contribution in [3.05, 3.63) is 147 Å². The molecule has 12 rings (SSSR count). The van der Waals surface area contributed by atoms with Gasteiger partial charge in [-0.1, -0.05) is 30.3 Å². The maximum Gasteiger partial charge on any atom is 0.387 e. The minimum absolute atomic E-state index is 0.0441. The summed E-state index contributed by atoms with van der Waals surface area (Å²) in [4.78, 5) is 27.9. The molecule has 9 aromatic rings. The maximum atomic E-state index is 14.0. The quantitative estimate of drug-likeness (QED) is 0.111. The van der Waals surface area contributed by atoms with Gasteiger partial charge >= 0.3 is 13.2 Å². The first-order chi connectivity index (χ1) is 33.3. The monoisotopic (exact) mass is 935 g/mol. The van der Waals surface area contributed by atoms with Crippen molar-refractivity contribution >= 4 is 38.4 Å². The summed E-state index contributed by atoms with van der Waals surface area (Å²) in [6, 6.07) is 23.7. The van der Waals surface area contributed by atoms with Crippen LogP contribution < -0.4 is 20.6 Å². The molecular weight excluding hydrogens is 891 g/mol. The van der Waals surface area contributed by atoms with E-state index in [1.807, 2.05) is 80.7 Å². The molecule has 2 saturated carbocycles. The molecule has 5 heterocycles. The van der Waals surface area contributed by atoms with Gasteiger partial charge in [-0.05, 0) is 133 Å². The van der Waals surface area contributed by atoms with Crippen molar-refractivity contribution in [2.24, 2.45) is 33.0 Å². The molecule has 0 radical (unpaired) electrons. The van der Waals surface area contributed by atoms with Crippen LogP contribution in [0.25, 0.3) is 72.0 Å². The summed E-state index contributed by atoms with van der Waals surface area (Å²) in [5.74, 6) is 1.37. The van der Waals surface area contributed by atoms with Crippen molar-refractivity contribution in [1.82, 2.24) is 43.7 Å². The molecule has 4 aromatic carbocycles. The summed E-state index contributed by atoms with van der Waals surface area (Å²) >= 11 is 0. The van der Waals surface area contributed by atoms with E-state index in [1.165, 1.54) is 59.3 Å². The highest BCUT2D eigenvalue weighted by atomic mass is 19.3. The normalized spacial score (nSPS) is 14.5. The summed E-state index contributed by atoms with van der Waals surface area (Å²) in [6.07, 6.45) is 15.2. The molecule has 0 N–H and O–H groups in total. The van der Waals surface area contributed by atoms with Gasteiger partial charge in [0.1, 0.15) is 11.5 Å². The molecular formula is C52H45F4N9O4. The molecule has 0 spiro atoms. The van der Waals surface area contributed by atoms with Gasteiger partial charge < -0.3 is 14.0 Å². The Balaban J connectivity index is 0.000000151. The van der Waals surface area contributed by atoms with E-state index < -0.39 is 13.2 Å². The van der Waals surface area contributed by atoms with Crippen LogP contribution in [0.3, 0.4) is 0 Å². The topological polar surface area (TPSA) is 129 Å². The molecule has 0 saturated heterocycles. The Bertz CT molecular complexity index is 3600. The van der Waals surface area contributed by atoms with Crippen molar-refractivity contribution in [3.63, 3.8) is 0 Å². The summed E-state index contributed by atoms with van der Waals surface area (Å²) < 4.78 is 67.8. The highest BCUT2D eigenvalue weighted by Crippen LogP contribution is 2.44. The van der Waals surface area contributed by atoms with Crippen molar-refractivity contribution < 1.29 is 27.0 Å². The largest absolute Gasteiger partial charge is 0.435 e. The molecule has 3 aliphatic rings. The summed E-state index contributed by atoms with van der Waals surface area (Å²) in [5, 5.41) is 21.0. The highest BCUT2D eigenvalue weighted by molar-refractivity contribution is 5.96. The first-order valence-corrected chi connectivity index (χ1v) is 22.8. The number of rotatable bonds is 12. The van der Waals surface area contributed by atoms with Gasteiger partial charge in [-0.2, -0.15) is 42.2 Å². The number of ether oxygens (including phenoxy) is 2. The van der Waals surface area contributed by atoms with Crippen LogP contribution in [0.5, 0.6) is 11.5 Å². The number of nitrogens with zero attached hydrogens (tertiary/aromatic N) is 9. The Labute approximate surface area is 391 Å². The van der Waals surface area contributed by atoms with Crippen molar-refractivity contribution in [1.29, 1.82) is 0 Å². The number of hydrogen-bond acceptors (Lipinski definition) is 8. The van der Waals surface area contributed by atoms with Gasteiger partial charge in [0.05, 0.1) is 39.2 Å². The van der Waals surface area contributed by atoms with Gasteiger partial charge in [-0.25, -0.2) is 0 Å². The molecule has 69 heavy (non-hydrogen) atoms. The van der Waals surface area contributed by atoms with Crippen LogP contribution in [0, 0.1) is 11.8 Å². The highest BCUT2D eigenvalue weighted by Gasteiger charge is 2.31. The summed E-state index contributed by atoms with van der Waals surface area (Å²) in [5.41, 5.74) is 9.42. The number of alkyl halides is 4. The van der Waals surface area contributed by atoms with Crippen LogP contribution in [0.4, 0.5) is 17.6 Å². The zero-order chi connectivity index (χ0) is 47.7. The zero-order valence-electron chi connectivity index (χ0n) is 37.8. The van der Waals surface area contributed by atoms with Gasteiger partial charge in [0.15, 0.2) is 5.65 Å². The van der Waals surface area contributed by atoms with Crippen molar-refractivity contribution in [2.45, 2.75) is 58.2 Å². The van der Waals surface area contributed by atoms with E-state index in [2.05, 4.69) is 25.7 Å². The average Bonchev–Trinajstić information content (AvgIpc) is 4.17. The fourth-order valence-electron chi connectivity index (χ4n) is 9.44. The van der Waals surface area contributed by atoms with E-state index in [-0.39, 0.29) is 22.6 Å². The molecule has 0 amide bonds. The molecule has 350 valence electrons. The van der Waals surface area contributed by atoms with Gasteiger partial charge in [0.25, 0.3) is 11.1 Å². The van der Waals surface area contributed by atoms with Crippen LogP contribution in [-0.4, -0.2) is 56.9 Å². The number of fused-ring (bicyclic) bond motifs is 4. The van der Waals surface area contributed by atoms with Crippen LogP contribution in [0.1, 0.15) is 48.9 Å². The Morgan fingerprint density at radius 3 is 1.64 bits per heavy atom. The second-order valence-corrected chi connectivity index (χ2v) is 18.1. The Morgan fingerprint density at radius 2 is 1.10 bits per heavy atom. The fraction of sp³-hybridized carbons (Fsp3) is 0.269. The SMILES string of the molecule is Cn1cc2cc(-n3nc4c(c(-c5ccc(OC(F)F)cc5)c3=O)C(CC3CC3)=CC4)ccc2n1.Cn1cc2cc(-n3nc4c(c(CC5CC5)cn4C)c(-c4ccc(OC(F)F)cc4)c3=O)ccc2n1. The predicted molar refractivity (Wildman–Crippen MR) is 254 cm³/mol. The Kier molecular flexibility index (Phi) is 11.0. The van der Waals surface area contributed by atoms with Crippen LogP contribution >= 0.6 is 0 Å². The number of aromatic nitrogens is 9. The Morgan fingerprint density at radius 1 is 0.594 bits per heavy atom. The number of benzene rings is 4. The lowest BCUT2D eigenvalue weighted by molar-refractivity contribution is -0.0505. The lowest BCUT2D eigenvalue weighted by atomic mass is 9.94. The summed E-state index contributed by atoms with van der Waals surface area (Å²) in [6.45, 7) is -5.81. The molecule has 2 fully saturated rings. The molecule has 0 bridgehead atoms. The average molecular weight is 936 g/mol. The predicted octanol–water partition coefficient (Wildman–Crippen LogP) is 9.96. The zero-order valence-corrected chi connectivity index (χ0v) is 37.8. The molecule has 13 nitrogen and oxygen atoms in total. The van der Waals surface area contributed by atoms with E-state index in [1.54, 1.807) is 33.6 Å². The maximum absolute atomic E-state index is 14.0. The number of allylic oxidation sites excluding steroid dienone is 2. The molecule has 3 aliphatic carbocycles. The second kappa shape index (κ2) is 17.4. The lowest BCUT2D eigenvalue weighted by Crippen LogP contribution is -2.25. The van der Waals surface area contributed by atoms with Gasteiger partial charge in [-0.3, -0.25) is 19.0 Å². The molecule has 0 aliphatic heterocycles. The molecule has 0 atom stereocenters. The standard InChI is InChI=1S/C26H23F2N5O2.C26H22F2N4O2/c1-31-13-18(11-15-3-4-15)22-23(16-5-8-20(9-6-16)35-26(27)28)25(34)33(30-24(22)31)19-7-10-21-17(12-19)14-32(2)29-21;1-31-14-18-13-19(7-11-21(18)29-31)32-25(33)24(16-4-8-20(9-5-16)34-26(27)28)23-17(12-15-2-3-15)6-10-22(23)30-32/h5-10,12-15,26H,3-4,11H2,1-2H3;4-9,11,13-15,26H,2-3,10,12H2,1H3. The minimum Gasteiger partial charge on any atom is -0.435 e. The van der Waals surface area contributed by atoms with E-state index in [0.717, 1.165) is 62.4 Å². The lowest BCUT2D eigenvalue weighted by Gasteiger charge is -2.15. The molecule has 0 unspecified atom stereocenters. The van der Waals surface area contributed by atoms with E-state index in [0.29, 0.717) is 57.5 Å². The first-order valence-electron chi connectivity index (χ1n) is 22.8. The first kappa shape index (κ1) is 43.7. The minimum atomic E-state index is -2.91. The van der Waals surface area contributed by atoms with E-state index >= 15 is 0 Å². The van der Waals surface area contributed by atoms with Gasteiger partial charge in [0, 0.05) is 67.9 Å². The van der Waals surface area contributed by atoms with Crippen LogP contribution in [0.2, 0.25) is 0 Å². The third kappa shape index (κ3) is 8.68. The smallest absolute Gasteiger partial charge is 0.387 e. The van der Waals surface area contributed by atoms with Crippen LogP contribution in [0.15, 0.2) is 119 Å². The third-order valence-electron chi connectivity index (χ3n) is 12.9. The Hall–Kier alpha value is -7.82. The number of halogens is 4. The van der Waals surface area contributed by atoms with Gasteiger partial charge in [-0.15, -0.1) is 5.10 Å². The van der Waals surface area contributed by atoms with Gasteiger partial charge in [0.2, 0.25) is 0 Å². The number of aryl methyl sites for hydroxylation is 3. The van der Waals surface area contributed by atoms with E-state index in [9.17, 15) is 27.2 Å².